The highest BCUT2D eigenvalue weighted by atomic mass is 35.5. The van der Waals surface area contributed by atoms with Gasteiger partial charge in [-0.1, -0.05) is 42.3 Å². The number of carbonyl (C=O) groups excluding carboxylic acids is 1. The number of carbonyl (C=O) groups is 1. The van der Waals surface area contributed by atoms with Crippen molar-refractivity contribution in [3.63, 3.8) is 0 Å². The molecule has 2 N–H and O–H groups in total. The minimum absolute atomic E-state index is 0.0178. The van der Waals surface area contributed by atoms with E-state index in [2.05, 4.69) is 10.6 Å². The Hall–Kier alpha value is -2.09. The van der Waals surface area contributed by atoms with E-state index in [0.29, 0.717) is 35.9 Å². The summed E-state index contributed by atoms with van der Waals surface area (Å²) < 4.78 is 26.6. The second kappa shape index (κ2) is 9.41. The van der Waals surface area contributed by atoms with E-state index in [9.17, 15) is 13.2 Å². The van der Waals surface area contributed by atoms with Crippen LogP contribution in [0.2, 0.25) is 5.02 Å². The van der Waals surface area contributed by atoms with Gasteiger partial charge in [0.25, 0.3) is 0 Å². The lowest BCUT2D eigenvalue weighted by molar-refractivity contribution is 0.251. The Morgan fingerprint density at radius 1 is 0.929 bits per heavy atom. The molecule has 0 bridgehead atoms. The van der Waals surface area contributed by atoms with E-state index in [-0.39, 0.29) is 11.8 Å². The van der Waals surface area contributed by atoms with Crippen LogP contribution in [0.25, 0.3) is 0 Å². The molecule has 6 nitrogen and oxygen atoms in total. The number of hydrogen-bond donors (Lipinski definition) is 2. The summed E-state index contributed by atoms with van der Waals surface area (Å²) in [5.74, 6) is -0.0178. The lowest BCUT2D eigenvalue weighted by Gasteiger charge is -2.25. The van der Waals surface area contributed by atoms with Crippen molar-refractivity contribution in [3.05, 3.63) is 64.7 Å². The zero-order valence-electron chi connectivity index (χ0n) is 15.5. The highest BCUT2D eigenvalue weighted by Crippen LogP contribution is 2.18. The van der Waals surface area contributed by atoms with Crippen LogP contribution < -0.4 is 10.6 Å². The van der Waals surface area contributed by atoms with Crippen LogP contribution in [0, 0.1) is 0 Å². The van der Waals surface area contributed by atoms with Gasteiger partial charge in [-0.05, 0) is 48.2 Å². The predicted octanol–water partition coefficient (Wildman–Crippen LogP) is 3.98. The number of piperidine rings is 1. The summed E-state index contributed by atoms with van der Waals surface area (Å²) in [4.78, 5) is 12.0. The third-order valence-corrected chi connectivity index (χ3v) is 6.74. The molecule has 1 aliphatic heterocycles. The third kappa shape index (κ3) is 5.95. The highest BCUT2D eigenvalue weighted by molar-refractivity contribution is 7.88. The molecule has 0 radical (unpaired) electrons. The first-order valence-corrected chi connectivity index (χ1v) is 11.3. The molecule has 0 spiro atoms. The quantitative estimate of drug-likeness (QED) is 0.740. The molecule has 1 saturated heterocycles. The molecular formula is C20H24ClN3O3S. The van der Waals surface area contributed by atoms with Crippen molar-refractivity contribution in [3.8, 4) is 0 Å². The molecule has 0 atom stereocenters. The van der Waals surface area contributed by atoms with Crippen LogP contribution in [-0.2, 0) is 22.3 Å². The normalized spacial score (nSPS) is 15.2. The molecule has 1 fully saturated rings. The Morgan fingerprint density at radius 3 is 2.18 bits per heavy atom. The van der Waals surface area contributed by atoms with Gasteiger partial charge in [-0.25, -0.2) is 17.5 Å². The number of halogens is 1. The molecule has 2 aromatic rings. The molecule has 0 aromatic heterocycles. The third-order valence-electron chi connectivity index (χ3n) is 4.64. The van der Waals surface area contributed by atoms with Crippen molar-refractivity contribution >= 4 is 33.3 Å². The Labute approximate surface area is 170 Å². The van der Waals surface area contributed by atoms with Crippen molar-refractivity contribution in [2.75, 3.05) is 18.4 Å². The highest BCUT2D eigenvalue weighted by Gasteiger charge is 2.24. The average Bonchev–Trinajstić information content (AvgIpc) is 2.69. The van der Waals surface area contributed by atoms with Crippen molar-refractivity contribution < 1.29 is 13.2 Å². The fourth-order valence-corrected chi connectivity index (χ4v) is 4.83. The van der Waals surface area contributed by atoms with Crippen molar-refractivity contribution in [2.45, 2.75) is 31.6 Å². The van der Waals surface area contributed by atoms with Crippen molar-refractivity contribution in [1.82, 2.24) is 9.62 Å². The maximum atomic E-state index is 12.5. The summed E-state index contributed by atoms with van der Waals surface area (Å²) in [6.45, 7) is 1.60. The van der Waals surface area contributed by atoms with Gasteiger partial charge >= 0.3 is 6.03 Å². The smallest absolute Gasteiger partial charge is 0.319 e. The summed E-state index contributed by atoms with van der Waals surface area (Å²) in [6, 6.07) is 13.8. The maximum Gasteiger partial charge on any atom is 0.319 e. The number of benzene rings is 2. The van der Waals surface area contributed by atoms with E-state index >= 15 is 0 Å². The minimum Gasteiger partial charge on any atom is -0.334 e. The Morgan fingerprint density at radius 2 is 1.54 bits per heavy atom. The Kier molecular flexibility index (Phi) is 6.93. The molecule has 1 heterocycles. The molecule has 3 rings (SSSR count). The van der Waals surface area contributed by atoms with Gasteiger partial charge < -0.3 is 10.6 Å². The SMILES string of the molecule is O=C(NCc1ccc(Cl)cc1)Nc1ccc(CS(=O)(=O)N2CCCCC2)cc1. The van der Waals surface area contributed by atoms with Gasteiger partial charge in [0.15, 0.2) is 0 Å². The second-order valence-electron chi connectivity index (χ2n) is 6.85. The van der Waals surface area contributed by atoms with Gasteiger partial charge in [-0.2, -0.15) is 0 Å². The lowest BCUT2D eigenvalue weighted by Crippen LogP contribution is -2.36. The van der Waals surface area contributed by atoms with Crippen LogP contribution in [0.3, 0.4) is 0 Å². The monoisotopic (exact) mass is 421 g/mol. The first-order valence-electron chi connectivity index (χ1n) is 9.28. The minimum atomic E-state index is -3.29. The maximum absolute atomic E-state index is 12.5. The van der Waals surface area contributed by atoms with Gasteiger partial charge in [0.05, 0.1) is 5.75 Å². The molecular weight excluding hydrogens is 398 g/mol. The lowest BCUT2D eigenvalue weighted by atomic mass is 10.2. The van der Waals surface area contributed by atoms with Gasteiger partial charge in [0.1, 0.15) is 0 Å². The Bertz CT molecular complexity index is 893. The van der Waals surface area contributed by atoms with Crippen LogP contribution in [0.4, 0.5) is 10.5 Å². The Balaban J connectivity index is 1.50. The molecule has 0 aliphatic carbocycles. The first kappa shape index (κ1) is 20.6. The summed E-state index contributed by atoms with van der Waals surface area (Å²) in [6.07, 6.45) is 2.94. The molecule has 2 amide bonds. The van der Waals surface area contributed by atoms with Crippen LogP contribution in [0.1, 0.15) is 30.4 Å². The van der Waals surface area contributed by atoms with Crippen LogP contribution >= 0.6 is 11.6 Å². The van der Waals surface area contributed by atoms with E-state index in [0.717, 1.165) is 24.8 Å². The number of nitrogens with one attached hydrogen (secondary N) is 2. The number of anilines is 1. The van der Waals surface area contributed by atoms with Crippen molar-refractivity contribution in [1.29, 1.82) is 0 Å². The molecule has 8 heteroatoms. The number of nitrogens with zero attached hydrogens (tertiary/aromatic N) is 1. The fraction of sp³-hybridized carbons (Fsp3) is 0.350. The predicted molar refractivity (Wildman–Crippen MR) is 112 cm³/mol. The number of urea groups is 1. The second-order valence-corrected chi connectivity index (χ2v) is 9.25. The van der Waals surface area contributed by atoms with E-state index in [1.807, 2.05) is 12.1 Å². The van der Waals surface area contributed by atoms with Crippen LogP contribution in [0.15, 0.2) is 48.5 Å². The number of sulfonamides is 1. The summed E-state index contributed by atoms with van der Waals surface area (Å²) in [7, 11) is -3.29. The average molecular weight is 422 g/mol. The molecule has 150 valence electrons. The first-order chi connectivity index (χ1) is 13.4. The summed E-state index contributed by atoms with van der Waals surface area (Å²) in [5.41, 5.74) is 2.25. The van der Waals surface area contributed by atoms with E-state index in [4.69, 9.17) is 11.6 Å². The van der Waals surface area contributed by atoms with Gasteiger partial charge in [0.2, 0.25) is 10.0 Å². The van der Waals surface area contributed by atoms with Crippen molar-refractivity contribution in [2.24, 2.45) is 0 Å². The molecule has 0 unspecified atom stereocenters. The zero-order valence-corrected chi connectivity index (χ0v) is 17.1. The molecule has 0 saturated carbocycles. The molecule has 2 aromatic carbocycles. The largest absolute Gasteiger partial charge is 0.334 e. The topological polar surface area (TPSA) is 78.5 Å². The van der Waals surface area contributed by atoms with E-state index in [1.165, 1.54) is 0 Å². The number of rotatable bonds is 6. The van der Waals surface area contributed by atoms with E-state index in [1.54, 1.807) is 40.7 Å². The molecule has 28 heavy (non-hydrogen) atoms. The standard InChI is InChI=1S/C20H24ClN3O3S/c21-18-8-4-16(5-9-18)14-22-20(25)23-19-10-6-17(7-11-19)15-28(26,27)24-12-2-1-3-13-24/h4-11H,1-3,12-15H2,(H2,22,23,25). The molecule has 1 aliphatic rings. The summed E-state index contributed by atoms with van der Waals surface area (Å²) in [5, 5.41) is 6.16. The number of amides is 2. The van der Waals surface area contributed by atoms with Gasteiger partial charge in [0, 0.05) is 30.3 Å². The van der Waals surface area contributed by atoms with Crippen LogP contribution in [-0.4, -0.2) is 31.8 Å². The van der Waals surface area contributed by atoms with Crippen LogP contribution in [0.5, 0.6) is 0 Å². The number of hydrogen-bond acceptors (Lipinski definition) is 3. The van der Waals surface area contributed by atoms with Gasteiger partial charge in [-0.15, -0.1) is 0 Å². The van der Waals surface area contributed by atoms with E-state index < -0.39 is 10.0 Å². The fourth-order valence-electron chi connectivity index (χ4n) is 3.09. The summed E-state index contributed by atoms with van der Waals surface area (Å²) >= 11 is 5.84. The zero-order chi connectivity index (χ0) is 20.0. The van der Waals surface area contributed by atoms with Gasteiger partial charge in [-0.3, -0.25) is 0 Å².